The number of aromatic nitrogens is 1. The number of aliphatic imine (C=N–C) groups is 1. The summed E-state index contributed by atoms with van der Waals surface area (Å²) < 4.78 is 5.17. The summed E-state index contributed by atoms with van der Waals surface area (Å²) in [7, 11) is 1.67. The van der Waals surface area contributed by atoms with Gasteiger partial charge >= 0.3 is 0 Å². The van der Waals surface area contributed by atoms with Crippen LogP contribution in [-0.4, -0.2) is 18.3 Å². The van der Waals surface area contributed by atoms with Gasteiger partial charge in [0, 0.05) is 17.2 Å². The van der Waals surface area contributed by atoms with Gasteiger partial charge in [0.25, 0.3) is 0 Å². The number of rotatable bonds is 4. The predicted molar refractivity (Wildman–Crippen MR) is 104 cm³/mol. The Morgan fingerprint density at radius 2 is 1.84 bits per heavy atom. The average Bonchev–Trinajstić information content (AvgIpc) is 3.15. The van der Waals surface area contributed by atoms with Crippen molar-refractivity contribution in [2.24, 2.45) is 4.99 Å². The Hall–Kier alpha value is -2.46. The van der Waals surface area contributed by atoms with Gasteiger partial charge in [-0.2, -0.15) is 0 Å². The molecule has 1 aromatic heterocycles. The molecule has 126 valence electrons. The first-order valence-electron chi connectivity index (χ1n) is 8.58. The van der Waals surface area contributed by atoms with Crippen molar-refractivity contribution < 1.29 is 4.74 Å². The van der Waals surface area contributed by atoms with Gasteiger partial charge in [-0.1, -0.05) is 12.1 Å². The second-order valence-electron chi connectivity index (χ2n) is 6.24. The first kappa shape index (κ1) is 16.0. The topological polar surface area (TPSA) is 34.5 Å². The lowest BCUT2D eigenvalue weighted by Gasteiger charge is -2.15. The van der Waals surface area contributed by atoms with E-state index >= 15 is 0 Å². The molecular weight excluding hydrogens is 328 g/mol. The first-order chi connectivity index (χ1) is 12.3. The number of hydrogen-bond donors (Lipinski definition) is 0. The number of fused-ring (bicyclic) bond motifs is 1. The summed E-state index contributed by atoms with van der Waals surface area (Å²) in [6.45, 7) is 0. The fourth-order valence-corrected chi connectivity index (χ4v) is 3.84. The number of nitrogens with zero attached hydrogens (tertiary/aromatic N) is 2. The van der Waals surface area contributed by atoms with E-state index in [0.29, 0.717) is 0 Å². The van der Waals surface area contributed by atoms with Crippen LogP contribution >= 0.6 is 11.3 Å². The van der Waals surface area contributed by atoms with Crippen molar-refractivity contribution in [2.75, 3.05) is 7.11 Å². The maximum Gasteiger partial charge on any atom is 0.209 e. The van der Waals surface area contributed by atoms with Gasteiger partial charge < -0.3 is 4.74 Å². The highest BCUT2D eigenvalue weighted by atomic mass is 32.1. The molecule has 2 aromatic carbocycles. The zero-order valence-electron chi connectivity index (χ0n) is 14.2. The van der Waals surface area contributed by atoms with Crippen molar-refractivity contribution in [1.82, 2.24) is 4.98 Å². The third-order valence-corrected chi connectivity index (χ3v) is 5.32. The molecule has 0 aliphatic heterocycles. The number of methoxy groups -OCH3 is 1. The molecule has 0 unspecified atom stereocenters. The van der Waals surface area contributed by atoms with Crippen LogP contribution in [0.2, 0.25) is 0 Å². The molecule has 1 aliphatic carbocycles. The molecule has 0 fully saturated rings. The normalized spacial score (nSPS) is 13.8. The number of thiazole rings is 1. The molecule has 0 radical (unpaired) electrons. The quantitative estimate of drug-likeness (QED) is 0.588. The molecule has 0 bridgehead atoms. The highest BCUT2D eigenvalue weighted by Gasteiger charge is 2.11. The summed E-state index contributed by atoms with van der Waals surface area (Å²) in [5.41, 5.74) is 6.23. The molecule has 1 heterocycles. The Kier molecular flexibility index (Phi) is 4.61. The van der Waals surface area contributed by atoms with Crippen LogP contribution < -0.4 is 4.74 Å². The second-order valence-corrected chi connectivity index (χ2v) is 7.07. The standard InChI is InChI=1S/C21H20N2OS/c1-24-19-10-6-15(7-11-19)13-22-21-23-20(14-25-21)18-9-8-16-4-2-3-5-17(16)12-18/h6-14H,2-5H2,1H3/b22-13+. The Labute approximate surface area is 152 Å². The summed E-state index contributed by atoms with van der Waals surface area (Å²) in [6.07, 6.45) is 6.85. The third kappa shape index (κ3) is 3.64. The fourth-order valence-electron chi connectivity index (χ4n) is 3.17. The van der Waals surface area contributed by atoms with Gasteiger partial charge in [-0.25, -0.2) is 9.98 Å². The minimum Gasteiger partial charge on any atom is -0.497 e. The van der Waals surface area contributed by atoms with E-state index in [9.17, 15) is 0 Å². The molecule has 3 nitrogen and oxygen atoms in total. The number of aryl methyl sites for hydroxylation is 2. The average molecular weight is 348 g/mol. The zero-order valence-corrected chi connectivity index (χ0v) is 15.1. The van der Waals surface area contributed by atoms with Gasteiger partial charge in [-0.3, -0.25) is 0 Å². The van der Waals surface area contributed by atoms with Crippen molar-refractivity contribution in [3.05, 3.63) is 64.5 Å². The summed E-state index contributed by atoms with van der Waals surface area (Å²) in [5.74, 6) is 0.848. The van der Waals surface area contributed by atoms with E-state index in [0.717, 1.165) is 22.1 Å². The van der Waals surface area contributed by atoms with Crippen LogP contribution in [0.4, 0.5) is 5.13 Å². The maximum atomic E-state index is 5.17. The van der Waals surface area contributed by atoms with Gasteiger partial charge in [0.2, 0.25) is 5.13 Å². The van der Waals surface area contributed by atoms with Crippen molar-refractivity contribution in [3.63, 3.8) is 0 Å². The lowest BCUT2D eigenvalue weighted by molar-refractivity contribution is 0.415. The monoisotopic (exact) mass is 348 g/mol. The molecule has 0 saturated carbocycles. The second kappa shape index (κ2) is 7.19. The Balaban J connectivity index is 1.52. The summed E-state index contributed by atoms with van der Waals surface area (Å²) in [6, 6.07) is 14.6. The fraction of sp³-hybridized carbons (Fsp3) is 0.238. The Bertz CT molecular complexity index is 897. The SMILES string of the molecule is COc1ccc(/C=N/c2nc(-c3ccc4c(c3)CCCC4)cs2)cc1. The van der Waals surface area contributed by atoms with E-state index < -0.39 is 0 Å². The number of ether oxygens (including phenoxy) is 1. The molecule has 3 aromatic rings. The lowest BCUT2D eigenvalue weighted by atomic mass is 9.90. The van der Waals surface area contributed by atoms with Crippen LogP contribution in [0.5, 0.6) is 5.75 Å². The van der Waals surface area contributed by atoms with Crippen molar-refractivity contribution >= 4 is 22.7 Å². The maximum absolute atomic E-state index is 5.17. The van der Waals surface area contributed by atoms with Crippen LogP contribution in [0.1, 0.15) is 29.5 Å². The zero-order chi connectivity index (χ0) is 17.1. The largest absolute Gasteiger partial charge is 0.497 e. The lowest BCUT2D eigenvalue weighted by Crippen LogP contribution is -2.02. The van der Waals surface area contributed by atoms with Crippen LogP contribution in [0.25, 0.3) is 11.3 Å². The minimum absolute atomic E-state index is 0.781. The van der Waals surface area contributed by atoms with Gasteiger partial charge in [0.1, 0.15) is 5.75 Å². The van der Waals surface area contributed by atoms with E-state index in [1.165, 1.54) is 42.4 Å². The van der Waals surface area contributed by atoms with E-state index in [1.54, 1.807) is 18.4 Å². The highest BCUT2D eigenvalue weighted by Crippen LogP contribution is 2.30. The highest BCUT2D eigenvalue weighted by molar-refractivity contribution is 7.13. The molecule has 0 amide bonds. The summed E-state index contributed by atoms with van der Waals surface area (Å²) >= 11 is 1.57. The summed E-state index contributed by atoms with van der Waals surface area (Å²) in [5, 5.41) is 2.87. The van der Waals surface area contributed by atoms with E-state index in [1.807, 2.05) is 30.5 Å². The van der Waals surface area contributed by atoms with Gasteiger partial charge in [0.05, 0.1) is 12.8 Å². The van der Waals surface area contributed by atoms with Crippen molar-refractivity contribution in [2.45, 2.75) is 25.7 Å². The van der Waals surface area contributed by atoms with E-state index in [4.69, 9.17) is 4.74 Å². The predicted octanol–water partition coefficient (Wildman–Crippen LogP) is 5.45. The molecule has 4 heteroatoms. The summed E-state index contributed by atoms with van der Waals surface area (Å²) in [4.78, 5) is 9.18. The van der Waals surface area contributed by atoms with Crippen LogP contribution in [0, 0.1) is 0 Å². The molecule has 0 saturated heterocycles. The van der Waals surface area contributed by atoms with Crippen molar-refractivity contribution in [1.29, 1.82) is 0 Å². The molecular formula is C21H20N2OS. The van der Waals surface area contributed by atoms with Gasteiger partial charge in [-0.05, 0) is 72.7 Å². The third-order valence-electron chi connectivity index (χ3n) is 4.58. The molecule has 1 aliphatic rings. The number of hydrogen-bond acceptors (Lipinski definition) is 4. The minimum atomic E-state index is 0.781. The Morgan fingerprint density at radius 3 is 2.64 bits per heavy atom. The van der Waals surface area contributed by atoms with Gasteiger partial charge in [-0.15, -0.1) is 11.3 Å². The molecule has 0 atom stereocenters. The number of benzene rings is 2. The molecule has 0 N–H and O–H groups in total. The van der Waals surface area contributed by atoms with Gasteiger partial charge in [0.15, 0.2) is 0 Å². The van der Waals surface area contributed by atoms with E-state index in [2.05, 4.69) is 33.6 Å². The van der Waals surface area contributed by atoms with Crippen molar-refractivity contribution in [3.8, 4) is 17.0 Å². The molecule has 0 spiro atoms. The molecule has 4 rings (SSSR count). The van der Waals surface area contributed by atoms with E-state index in [-0.39, 0.29) is 0 Å². The molecule has 25 heavy (non-hydrogen) atoms. The Morgan fingerprint density at radius 1 is 1.04 bits per heavy atom. The van der Waals surface area contributed by atoms with Crippen LogP contribution in [0.3, 0.4) is 0 Å². The first-order valence-corrected chi connectivity index (χ1v) is 9.45. The smallest absolute Gasteiger partial charge is 0.209 e. The van der Waals surface area contributed by atoms with Crippen LogP contribution in [0.15, 0.2) is 52.8 Å². The van der Waals surface area contributed by atoms with Crippen LogP contribution in [-0.2, 0) is 12.8 Å².